The van der Waals surface area contributed by atoms with Crippen molar-refractivity contribution in [2.24, 2.45) is 15.9 Å². The molecule has 0 aromatic heterocycles. The minimum Gasteiger partial charge on any atom is -0.504 e. The summed E-state index contributed by atoms with van der Waals surface area (Å²) in [5.74, 6) is -0.321. The lowest BCUT2D eigenvalue weighted by Crippen LogP contribution is -2.49. The summed E-state index contributed by atoms with van der Waals surface area (Å²) >= 11 is 1.36. The van der Waals surface area contributed by atoms with Gasteiger partial charge in [0.05, 0.1) is 6.61 Å². The molecule has 0 saturated carbocycles. The van der Waals surface area contributed by atoms with Crippen LogP contribution in [0.15, 0.2) is 58.5 Å². The van der Waals surface area contributed by atoms with Crippen molar-refractivity contribution in [3.05, 3.63) is 59.7 Å². The molecule has 0 spiro atoms. The SMILES string of the molecule is CCOc1cc(C2CC(=O)NC3=NC(SCc4ccccc4)=NC(=O)C32)ccc1O. The quantitative estimate of drug-likeness (QED) is 0.769. The summed E-state index contributed by atoms with van der Waals surface area (Å²) in [5, 5.41) is 13.1. The maximum Gasteiger partial charge on any atom is 0.259 e. The van der Waals surface area contributed by atoms with Gasteiger partial charge in [0.2, 0.25) is 5.91 Å². The van der Waals surface area contributed by atoms with E-state index < -0.39 is 11.8 Å². The van der Waals surface area contributed by atoms with E-state index in [1.54, 1.807) is 12.1 Å². The van der Waals surface area contributed by atoms with Gasteiger partial charge in [0.1, 0.15) is 11.8 Å². The van der Waals surface area contributed by atoms with Crippen molar-refractivity contribution in [3.63, 3.8) is 0 Å². The number of carbonyl (C=O) groups is 2. The number of hydrogen-bond donors (Lipinski definition) is 2. The first kappa shape index (κ1) is 20.2. The van der Waals surface area contributed by atoms with Crippen LogP contribution < -0.4 is 10.1 Å². The van der Waals surface area contributed by atoms with Gasteiger partial charge in [-0.2, -0.15) is 4.99 Å². The predicted molar refractivity (Wildman–Crippen MR) is 116 cm³/mol. The van der Waals surface area contributed by atoms with Crippen LogP contribution in [-0.2, 0) is 15.3 Å². The molecule has 0 radical (unpaired) electrons. The molecular formula is C22H21N3O4S. The lowest BCUT2D eigenvalue weighted by Gasteiger charge is -2.32. The summed E-state index contributed by atoms with van der Waals surface area (Å²) in [6.07, 6.45) is 0.133. The summed E-state index contributed by atoms with van der Waals surface area (Å²) in [5.41, 5.74) is 1.82. The lowest BCUT2D eigenvalue weighted by molar-refractivity contribution is -0.124. The van der Waals surface area contributed by atoms with Gasteiger partial charge in [-0.1, -0.05) is 48.2 Å². The number of phenolic OH excluding ortho intramolecular Hbond substituents is 1. The van der Waals surface area contributed by atoms with Gasteiger partial charge in [-0.05, 0) is 30.2 Å². The number of nitrogens with one attached hydrogen (secondary N) is 1. The number of nitrogens with zero attached hydrogens (tertiary/aromatic N) is 2. The highest BCUT2D eigenvalue weighted by atomic mass is 32.2. The standard InChI is InChI=1S/C22H21N3O4S/c1-2-29-17-10-14(8-9-16(17)26)15-11-18(27)23-20-19(15)21(28)25-22(24-20)30-12-13-6-4-3-5-7-13/h3-10,15,19,26H,2,11-12H2,1H3,(H,23,24,25,27,28). The molecule has 7 nitrogen and oxygen atoms in total. The number of aromatic hydroxyl groups is 1. The normalized spacial score (nSPS) is 20.7. The van der Waals surface area contributed by atoms with E-state index in [1.165, 1.54) is 17.8 Å². The number of phenols is 1. The van der Waals surface area contributed by atoms with E-state index in [4.69, 9.17) is 4.74 Å². The number of hydrogen-bond acceptors (Lipinski definition) is 6. The monoisotopic (exact) mass is 423 g/mol. The van der Waals surface area contributed by atoms with Gasteiger partial charge in [-0.15, -0.1) is 0 Å². The van der Waals surface area contributed by atoms with Crippen LogP contribution in [0.3, 0.4) is 0 Å². The topological polar surface area (TPSA) is 100 Å². The first-order valence-corrected chi connectivity index (χ1v) is 10.7. The van der Waals surface area contributed by atoms with Gasteiger partial charge in [0, 0.05) is 18.1 Å². The zero-order chi connectivity index (χ0) is 21.1. The number of fused-ring (bicyclic) bond motifs is 1. The van der Waals surface area contributed by atoms with Crippen LogP contribution in [0.1, 0.15) is 30.4 Å². The molecule has 30 heavy (non-hydrogen) atoms. The van der Waals surface area contributed by atoms with Crippen molar-refractivity contribution in [3.8, 4) is 11.5 Å². The maximum atomic E-state index is 12.9. The van der Waals surface area contributed by atoms with Gasteiger partial charge in [0.15, 0.2) is 16.7 Å². The third-order valence-electron chi connectivity index (χ3n) is 4.98. The van der Waals surface area contributed by atoms with E-state index in [9.17, 15) is 14.7 Å². The Balaban J connectivity index is 1.58. The zero-order valence-electron chi connectivity index (χ0n) is 16.4. The van der Waals surface area contributed by atoms with Crippen molar-refractivity contribution in [1.29, 1.82) is 0 Å². The Morgan fingerprint density at radius 1 is 1.17 bits per heavy atom. The molecule has 1 saturated heterocycles. The van der Waals surface area contributed by atoms with Crippen LogP contribution in [0.5, 0.6) is 11.5 Å². The Kier molecular flexibility index (Phi) is 5.85. The average molecular weight is 423 g/mol. The van der Waals surface area contributed by atoms with Gasteiger partial charge in [-0.25, -0.2) is 4.99 Å². The first-order valence-electron chi connectivity index (χ1n) is 9.68. The molecule has 2 N–H and O–H groups in total. The molecule has 2 amide bonds. The molecule has 154 valence electrons. The van der Waals surface area contributed by atoms with Crippen LogP contribution >= 0.6 is 11.8 Å². The highest BCUT2D eigenvalue weighted by Gasteiger charge is 2.42. The Labute approximate surface area is 178 Å². The molecule has 2 aliphatic heterocycles. The smallest absolute Gasteiger partial charge is 0.259 e. The Morgan fingerprint density at radius 3 is 2.73 bits per heavy atom. The molecule has 0 bridgehead atoms. The number of piperidine rings is 1. The van der Waals surface area contributed by atoms with Gasteiger partial charge in [0.25, 0.3) is 5.91 Å². The number of carbonyl (C=O) groups excluding carboxylic acids is 2. The van der Waals surface area contributed by atoms with E-state index >= 15 is 0 Å². The number of thioether (sulfide) groups is 1. The molecule has 2 atom stereocenters. The zero-order valence-corrected chi connectivity index (χ0v) is 17.2. The lowest BCUT2D eigenvalue weighted by atomic mass is 9.79. The van der Waals surface area contributed by atoms with Crippen molar-refractivity contribution < 1.29 is 19.4 Å². The van der Waals surface area contributed by atoms with Crippen LogP contribution in [0.2, 0.25) is 0 Å². The molecule has 2 aliphatic rings. The van der Waals surface area contributed by atoms with E-state index in [0.717, 1.165) is 11.1 Å². The van der Waals surface area contributed by atoms with Crippen molar-refractivity contribution >= 4 is 34.6 Å². The molecule has 2 unspecified atom stereocenters. The number of ether oxygens (including phenoxy) is 1. The fourth-order valence-corrected chi connectivity index (χ4v) is 4.39. The highest BCUT2D eigenvalue weighted by Crippen LogP contribution is 2.38. The molecule has 2 aromatic carbocycles. The van der Waals surface area contributed by atoms with Gasteiger partial charge in [-0.3, -0.25) is 9.59 Å². The van der Waals surface area contributed by atoms with E-state index in [1.807, 2.05) is 37.3 Å². The fraction of sp³-hybridized carbons (Fsp3) is 0.273. The fourth-order valence-electron chi connectivity index (χ4n) is 3.59. The second kappa shape index (κ2) is 8.71. The molecular weight excluding hydrogens is 402 g/mol. The average Bonchev–Trinajstić information content (AvgIpc) is 2.74. The van der Waals surface area contributed by atoms with Crippen LogP contribution in [0, 0.1) is 5.92 Å². The second-order valence-corrected chi connectivity index (χ2v) is 7.94. The molecule has 0 aliphatic carbocycles. The number of rotatable bonds is 5. The molecule has 8 heteroatoms. The minimum atomic E-state index is -0.664. The summed E-state index contributed by atoms with van der Waals surface area (Å²) in [6.45, 7) is 2.21. The van der Waals surface area contributed by atoms with Crippen LogP contribution in [0.4, 0.5) is 0 Å². The number of aliphatic imine (C=N–C) groups is 2. The summed E-state index contributed by atoms with van der Waals surface area (Å²) in [7, 11) is 0. The van der Waals surface area contributed by atoms with E-state index in [0.29, 0.717) is 29.1 Å². The number of amidine groups is 2. The van der Waals surface area contributed by atoms with E-state index in [2.05, 4.69) is 15.3 Å². The Morgan fingerprint density at radius 2 is 1.97 bits per heavy atom. The van der Waals surface area contributed by atoms with Crippen molar-refractivity contribution in [2.75, 3.05) is 6.61 Å². The third kappa shape index (κ3) is 4.23. The summed E-state index contributed by atoms with van der Waals surface area (Å²) in [6, 6.07) is 14.7. The molecule has 2 heterocycles. The van der Waals surface area contributed by atoms with Crippen LogP contribution in [0.25, 0.3) is 0 Å². The molecule has 4 rings (SSSR count). The summed E-state index contributed by atoms with van der Waals surface area (Å²) < 4.78 is 5.45. The first-order chi connectivity index (χ1) is 14.5. The Bertz CT molecular complexity index is 1040. The Hall–Kier alpha value is -3.13. The van der Waals surface area contributed by atoms with E-state index in [-0.39, 0.29) is 24.0 Å². The molecule has 2 aromatic rings. The van der Waals surface area contributed by atoms with Gasteiger partial charge >= 0.3 is 0 Å². The number of benzene rings is 2. The highest BCUT2D eigenvalue weighted by molar-refractivity contribution is 8.13. The van der Waals surface area contributed by atoms with Crippen LogP contribution in [-0.4, -0.2) is 34.5 Å². The van der Waals surface area contributed by atoms with Crippen molar-refractivity contribution in [2.45, 2.75) is 25.0 Å². The molecule has 1 fully saturated rings. The van der Waals surface area contributed by atoms with Gasteiger partial charge < -0.3 is 15.2 Å². The second-order valence-electron chi connectivity index (χ2n) is 7.00. The summed E-state index contributed by atoms with van der Waals surface area (Å²) in [4.78, 5) is 33.9. The maximum absolute atomic E-state index is 12.9. The van der Waals surface area contributed by atoms with Crippen molar-refractivity contribution in [1.82, 2.24) is 5.32 Å². The largest absolute Gasteiger partial charge is 0.504 e. The third-order valence-corrected chi connectivity index (χ3v) is 5.90. The predicted octanol–water partition coefficient (Wildman–Crippen LogP) is 3.24. The minimum absolute atomic E-state index is 0.0161. The number of amides is 2.